The molecule has 15 heavy (non-hydrogen) atoms. The topological polar surface area (TPSA) is 38.9 Å². The molecule has 0 radical (unpaired) electrons. The normalized spacial score (nSPS) is 20.0. The van der Waals surface area contributed by atoms with Gasteiger partial charge in [-0.2, -0.15) is 4.98 Å². The largest absolute Gasteiger partial charge is 0.337 e. The molecule has 0 atom stereocenters. The van der Waals surface area contributed by atoms with E-state index < -0.39 is 0 Å². The minimum Gasteiger partial charge on any atom is -0.337 e. The minimum absolute atomic E-state index is 0.105. The van der Waals surface area contributed by atoms with Gasteiger partial charge in [0.1, 0.15) is 0 Å². The highest BCUT2D eigenvalue weighted by atomic mass is 35.5. The van der Waals surface area contributed by atoms with Gasteiger partial charge in [0.25, 0.3) is 5.28 Å². The van der Waals surface area contributed by atoms with E-state index in [-0.39, 0.29) is 10.7 Å². The molecule has 0 amide bonds. The predicted molar refractivity (Wildman–Crippen MR) is 58.9 cm³/mol. The third-order valence-corrected chi connectivity index (χ3v) is 3.37. The molecule has 1 aromatic rings. The maximum atomic E-state index is 5.72. The molecule has 3 nitrogen and oxygen atoms in total. The summed E-state index contributed by atoms with van der Waals surface area (Å²) in [5.41, 5.74) is 0.105. The summed E-state index contributed by atoms with van der Waals surface area (Å²) in [6, 6.07) is 0. The molecule has 84 valence electrons. The summed E-state index contributed by atoms with van der Waals surface area (Å²) in [4.78, 5) is 4.21. The lowest BCUT2D eigenvalue weighted by molar-refractivity contribution is 0.244. The Morgan fingerprint density at radius 3 is 2.53 bits per heavy atom. The van der Waals surface area contributed by atoms with Crippen molar-refractivity contribution in [2.45, 2.75) is 51.4 Å². The van der Waals surface area contributed by atoms with Crippen molar-refractivity contribution in [1.82, 2.24) is 10.1 Å². The Morgan fingerprint density at radius 2 is 2.07 bits per heavy atom. The lowest BCUT2D eigenvalue weighted by atomic mass is 9.78. The van der Waals surface area contributed by atoms with Gasteiger partial charge in [0.2, 0.25) is 5.89 Å². The van der Waals surface area contributed by atoms with E-state index in [1.54, 1.807) is 0 Å². The molecule has 2 rings (SSSR count). The zero-order chi connectivity index (χ0) is 10.9. The average molecular weight is 229 g/mol. The molecule has 1 aliphatic rings. The molecule has 0 aliphatic heterocycles. The molecule has 1 fully saturated rings. The quantitative estimate of drug-likeness (QED) is 0.794. The molecule has 0 bridgehead atoms. The van der Waals surface area contributed by atoms with Gasteiger partial charge in [0.05, 0.1) is 0 Å². The van der Waals surface area contributed by atoms with Crippen LogP contribution in [0.2, 0.25) is 5.28 Å². The smallest absolute Gasteiger partial charge is 0.263 e. The number of hydrogen-bond acceptors (Lipinski definition) is 3. The highest BCUT2D eigenvalue weighted by molar-refractivity contribution is 6.28. The molecule has 0 saturated heterocycles. The van der Waals surface area contributed by atoms with Gasteiger partial charge in [0, 0.05) is 5.41 Å². The van der Waals surface area contributed by atoms with Crippen LogP contribution in [0.25, 0.3) is 0 Å². The standard InChI is InChI=1S/C11H17ClN2O/c1-8(2)7-11(5-3-4-6-11)9-13-10(12)14-15-9/h8H,3-7H2,1-2H3. The van der Waals surface area contributed by atoms with Crippen LogP contribution >= 0.6 is 11.6 Å². The van der Waals surface area contributed by atoms with Crippen LogP contribution in [-0.2, 0) is 5.41 Å². The van der Waals surface area contributed by atoms with Crippen LogP contribution in [0.4, 0.5) is 0 Å². The number of hydrogen-bond donors (Lipinski definition) is 0. The van der Waals surface area contributed by atoms with Gasteiger partial charge in [-0.25, -0.2) is 0 Å². The lowest BCUT2D eigenvalue weighted by Crippen LogP contribution is -2.24. The zero-order valence-corrected chi connectivity index (χ0v) is 10.0. The van der Waals surface area contributed by atoms with Crippen molar-refractivity contribution in [1.29, 1.82) is 0 Å². The van der Waals surface area contributed by atoms with Crippen molar-refractivity contribution >= 4 is 11.6 Å². The molecule has 0 unspecified atom stereocenters. The van der Waals surface area contributed by atoms with Gasteiger partial charge in [-0.05, 0) is 41.9 Å². The van der Waals surface area contributed by atoms with Gasteiger partial charge < -0.3 is 4.52 Å². The number of nitrogens with zero attached hydrogens (tertiary/aromatic N) is 2. The number of halogens is 1. The second kappa shape index (κ2) is 4.12. The first-order valence-corrected chi connectivity index (χ1v) is 6.00. The summed E-state index contributed by atoms with van der Waals surface area (Å²) >= 11 is 5.72. The van der Waals surface area contributed by atoms with Crippen LogP contribution in [0.15, 0.2) is 4.52 Å². The second-order valence-electron chi connectivity index (χ2n) is 4.95. The fraction of sp³-hybridized carbons (Fsp3) is 0.818. The monoisotopic (exact) mass is 228 g/mol. The lowest BCUT2D eigenvalue weighted by Gasteiger charge is -2.26. The van der Waals surface area contributed by atoms with E-state index in [4.69, 9.17) is 16.1 Å². The number of rotatable bonds is 3. The first kappa shape index (κ1) is 10.9. The second-order valence-corrected chi connectivity index (χ2v) is 5.29. The van der Waals surface area contributed by atoms with Gasteiger partial charge in [-0.15, -0.1) is 0 Å². The van der Waals surface area contributed by atoms with Gasteiger partial charge in [-0.1, -0.05) is 26.7 Å². The summed E-state index contributed by atoms with van der Waals surface area (Å²) in [5.74, 6) is 1.40. The van der Waals surface area contributed by atoms with Crippen molar-refractivity contribution in [3.63, 3.8) is 0 Å². The molecule has 1 saturated carbocycles. The van der Waals surface area contributed by atoms with E-state index in [1.165, 1.54) is 12.8 Å². The maximum Gasteiger partial charge on any atom is 0.263 e. The van der Waals surface area contributed by atoms with E-state index in [1.807, 2.05) is 0 Å². The molecule has 0 N–H and O–H groups in total. The fourth-order valence-electron chi connectivity index (χ4n) is 2.76. The molecule has 0 spiro atoms. The van der Waals surface area contributed by atoms with Crippen molar-refractivity contribution in [2.24, 2.45) is 5.92 Å². The van der Waals surface area contributed by atoms with Crippen molar-refractivity contribution in [2.75, 3.05) is 0 Å². The highest BCUT2D eigenvalue weighted by Crippen LogP contribution is 2.44. The summed E-state index contributed by atoms with van der Waals surface area (Å²) in [7, 11) is 0. The zero-order valence-electron chi connectivity index (χ0n) is 9.29. The first-order valence-electron chi connectivity index (χ1n) is 5.62. The molecular formula is C11H17ClN2O. The Balaban J connectivity index is 2.26. The van der Waals surface area contributed by atoms with Crippen molar-refractivity contribution in [3.05, 3.63) is 11.2 Å². The summed E-state index contributed by atoms with van der Waals surface area (Å²) in [5, 5.41) is 3.93. The molecule has 1 aliphatic carbocycles. The van der Waals surface area contributed by atoms with Crippen LogP contribution in [0.3, 0.4) is 0 Å². The average Bonchev–Trinajstić information content (AvgIpc) is 2.73. The summed E-state index contributed by atoms with van der Waals surface area (Å²) in [6.07, 6.45) is 5.94. The first-order chi connectivity index (χ1) is 7.12. The Morgan fingerprint density at radius 1 is 1.40 bits per heavy atom. The van der Waals surface area contributed by atoms with Crippen LogP contribution in [0.5, 0.6) is 0 Å². The molecule has 1 heterocycles. The third kappa shape index (κ3) is 2.17. The fourth-order valence-corrected chi connectivity index (χ4v) is 2.87. The van der Waals surface area contributed by atoms with E-state index in [9.17, 15) is 0 Å². The van der Waals surface area contributed by atoms with Crippen LogP contribution in [-0.4, -0.2) is 10.1 Å². The highest BCUT2D eigenvalue weighted by Gasteiger charge is 2.40. The molecular weight excluding hydrogens is 212 g/mol. The summed E-state index contributed by atoms with van der Waals surface area (Å²) in [6.45, 7) is 4.47. The van der Waals surface area contributed by atoms with Crippen molar-refractivity contribution < 1.29 is 4.52 Å². The van der Waals surface area contributed by atoms with E-state index >= 15 is 0 Å². The van der Waals surface area contributed by atoms with Gasteiger partial charge in [0.15, 0.2) is 0 Å². The van der Waals surface area contributed by atoms with Crippen molar-refractivity contribution in [3.8, 4) is 0 Å². The molecule has 1 aromatic heterocycles. The van der Waals surface area contributed by atoms with Crippen LogP contribution < -0.4 is 0 Å². The van der Waals surface area contributed by atoms with Gasteiger partial charge >= 0.3 is 0 Å². The van der Waals surface area contributed by atoms with Crippen LogP contribution in [0, 0.1) is 5.92 Å². The SMILES string of the molecule is CC(C)CC1(c2nc(Cl)no2)CCCC1. The Labute approximate surface area is 95.2 Å². The predicted octanol–water partition coefficient (Wildman–Crippen LogP) is 3.58. The molecule has 0 aromatic carbocycles. The Bertz CT molecular complexity index is 329. The van der Waals surface area contributed by atoms with Crippen LogP contribution in [0.1, 0.15) is 51.8 Å². The maximum absolute atomic E-state index is 5.72. The summed E-state index contributed by atoms with van der Waals surface area (Å²) < 4.78 is 5.26. The Kier molecular flexibility index (Phi) is 3.01. The Hall–Kier alpha value is -0.570. The van der Waals surface area contributed by atoms with E-state index in [2.05, 4.69) is 24.0 Å². The minimum atomic E-state index is 0.105. The van der Waals surface area contributed by atoms with Gasteiger partial charge in [-0.3, -0.25) is 0 Å². The molecule has 4 heteroatoms. The van der Waals surface area contributed by atoms with E-state index in [0.717, 1.165) is 25.2 Å². The number of aromatic nitrogens is 2. The van der Waals surface area contributed by atoms with E-state index in [0.29, 0.717) is 5.92 Å². The third-order valence-electron chi connectivity index (χ3n) is 3.21.